The Hall–Kier alpha value is -2.56. The lowest BCUT2D eigenvalue weighted by atomic mass is 10.1. The van der Waals surface area contributed by atoms with Crippen molar-refractivity contribution in [3.63, 3.8) is 0 Å². The Kier molecular flexibility index (Phi) is 4.19. The van der Waals surface area contributed by atoms with Crippen molar-refractivity contribution in [1.82, 2.24) is 4.90 Å². The quantitative estimate of drug-likeness (QED) is 0.880. The third-order valence-corrected chi connectivity index (χ3v) is 4.33. The van der Waals surface area contributed by atoms with Gasteiger partial charge in [0.1, 0.15) is 11.3 Å². The van der Waals surface area contributed by atoms with Crippen LogP contribution in [0, 0.1) is 5.92 Å². The molecule has 0 aliphatic carbocycles. The van der Waals surface area contributed by atoms with Crippen LogP contribution in [0.4, 0.5) is 0 Å². The van der Waals surface area contributed by atoms with E-state index in [1.807, 2.05) is 37.3 Å². The lowest BCUT2D eigenvalue weighted by Crippen LogP contribution is -2.30. The van der Waals surface area contributed by atoms with Crippen molar-refractivity contribution >= 4 is 28.9 Å². The fraction of sp³-hybridized carbons (Fsp3) is 0.333. The first-order valence-electron chi connectivity index (χ1n) is 7.87. The molecule has 1 saturated heterocycles. The minimum Gasteiger partial charge on any atom is -0.460 e. The Labute approximate surface area is 134 Å². The Morgan fingerprint density at radius 1 is 1.39 bits per heavy atom. The molecule has 0 saturated carbocycles. The van der Waals surface area contributed by atoms with Crippen molar-refractivity contribution in [2.75, 3.05) is 13.1 Å². The lowest BCUT2D eigenvalue weighted by molar-refractivity contribution is -0.125. The third kappa shape index (κ3) is 2.99. The molecular weight excluding hydrogens is 292 g/mol. The molecule has 2 N–H and O–H groups in total. The van der Waals surface area contributed by atoms with Gasteiger partial charge in [-0.25, -0.2) is 0 Å². The molecule has 0 radical (unpaired) electrons. The van der Waals surface area contributed by atoms with Crippen LogP contribution in [0.3, 0.4) is 0 Å². The van der Waals surface area contributed by atoms with Crippen molar-refractivity contribution in [2.45, 2.75) is 19.8 Å². The molecule has 0 unspecified atom stereocenters. The zero-order valence-electron chi connectivity index (χ0n) is 13.1. The molecule has 2 aromatic rings. The van der Waals surface area contributed by atoms with E-state index in [2.05, 4.69) is 0 Å². The minimum absolute atomic E-state index is 0.0962. The maximum absolute atomic E-state index is 12.3. The van der Waals surface area contributed by atoms with Crippen LogP contribution in [-0.2, 0) is 16.0 Å². The van der Waals surface area contributed by atoms with Gasteiger partial charge in [0.05, 0.1) is 5.92 Å². The summed E-state index contributed by atoms with van der Waals surface area (Å²) in [7, 11) is 0. The number of fused-ring (bicyclic) bond motifs is 1. The number of carbonyl (C=O) groups excluding carboxylic acids is 2. The first-order chi connectivity index (χ1) is 11.1. The van der Waals surface area contributed by atoms with Crippen LogP contribution in [0.5, 0.6) is 0 Å². The predicted molar refractivity (Wildman–Crippen MR) is 88.5 cm³/mol. The summed E-state index contributed by atoms with van der Waals surface area (Å²) in [5.74, 6) is 0.208. The zero-order valence-corrected chi connectivity index (χ0v) is 13.1. The second kappa shape index (κ2) is 6.28. The predicted octanol–water partition coefficient (Wildman–Crippen LogP) is 2.34. The number of nitrogens with zero attached hydrogens (tertiary/aromatic N) is 1. The number of primary amides is 1. The largest absolute Gasteiger partial charge is 0.460 e. The maximum Gasteiger partial charge on any atom is 0.246 e. The summed E-state index contributed by atoms with van der Waals surface area (Å²) >= 11 is 0. The fourth-order valence-corrected chi connectivity index (χ4v) is 3.01. The Morgan fingerprint density at radius 2 is 2.17 bits per heavy atom. The average Bonchev–Trinajstić information content (AvgIpc) is 3.17. The van der Waals surface area contributed by atoms with Crippen molar-refractivity contribution in [1.29, 1.82) is 0 Å². The van der Waals surface area contributed by atoms with E-state index in [9.17, 15) is 9.59 Å². The van der Waals surface area contributed by atoms with Gasteiger partial charge in [0, 0.05) is 36.5 Å². The summed E-state index contributed by atoms with van der Waals surface area (Å²) in [6.07, 6.45) is 4.77. The van der Waals surface area contributed by atoms with E-state index >= 15 is 0 Å². The Bertz CT molecular complexity index is 776. The number of carbonyl (C=O) groups is 2. The number of amides is 2. The average molecular weight is 312 g/mol. The number of para-hydroxylation sites is 1. The highest BCUT2D eigenvalue weighted by molar-refractivity contribution is 5.96. The van der Waals surface area contributed by atoms with E-state index in [0.29, 0.717) is 19.5 Å². The summed E-state index contributed by atoms with van der Waals surface area (Å²) in [6.45, 7) is 3.00. The molecule has 2 heterocycles. The normalized spacial score (nSPS) is 18.1. The molecule has 2 amide bonds. The summed E-state index contributed by atoms with van der Waals surface area (Å²) < 4.78 is 5.82. The molecule has 23 heavy (non-hydrogen) atoms. The third-order valence-electron chi connectivity index (χ3n) is 4.33. The van der Waals surface area contributed by atoms with E-state index in [1.54, 1.807) is 11.0 Å². The molecule has 1 aliphatic rings. The maximum atomic E-state index is 12.3. The SMILES string of the molecule is CCc1oc2ccccc2c1/C=C/C(=O)N1CC[C@@H](C(N)=O)C1. The molecule has 5 nitrogen and oxygen atoms in total. The van der Waals surface area contributed by atoms with Gasteiger partial charge in [-0.3, -0.25) is 9.59 Å². The summed E-state index contributed by atoms with van der Waals surface area (Å²) in [5.41, 5.74) is 7.08. The lowest BCUT2D eigenvalue weighted by Gasteiger charge is -2.13. The number of benzene rings is 1. The highest BCUT2D eigenvalue weighted by Gasteiger charge is 2.28. The van der Waals surface area contributed by atoms with Crippen molar-refractivity contribution < 1.29 is 14.0 Å². The van der Waals surface area contributed by atoms with Crippen LogP contribution < -0.4 is 5.73 Å². The second-order valence-corrected chi connectivity index (χ2v) is 5.79. The first kappa shape index (κ1) is 15.3. The molecular formula is C18H20N2O3. The van der Waals surface area contributed by atoms with Gasteiger partial charge in [-0.15, -0.1) is 0 Å². The molecule has 5 heteroatoms. The van der Waals surface area contributed by atoms with Crippen LogP contribution in [0.2, 0.25) is 0 Å². The van der Waals surface area contributed by atoms with Gasteiger partial charge >= 0.3 is 0 Å². The molecule has 1 fully saturated rings. The van der Waals surface area contributed by atoms with Gasteiger partial charge in [0.25, 0.3) is 0 Å². The molecule has 0 bridgehead atoms. The Morgan fingerprint density at radius 3 is 2.87 bits per heavy atom. The van der Waals surface area contributed by atoms with Crippen LogP contribution >= 0.6 is 0 Å². The summed E-state index contributed by atoms with van der Waals surface area (Å²) in [4.78, 5) is 25.2. The summed E-state index contributed by atoms with van der Waals surface area (Å²) in [6, 6.07) is 7.79. The van der Waals surface area contributed by atoms with E-state index in [0.717, 1.165) is 28.7 Å². The van der Waals surface area contributed by atoms with Gasteiger partial charge in [0.2, 0.25) is 11.8 Å². The minimum atomic E-state index is -0.335. The van der Waals surface area contributed by atoms with E-state index < -0.39 is 0 Å². The molecule has 1 aromatic heterocycles. The van der Waals surface area contributed by atoms with Crippen LogP contribution in [0.25, 0.3) is 17.0 Å². The number of rotatable bonds is 4. The van der Waals surface area contributed by atoms with E-state index in [4.69, 9.17) is 10.2 Å². The molecule has 3 rings (SSSR count). The number of likely N-dealkylation sites (tertiary alicyclic amines) is 1. The smallest absolute Gasteiger partial charge is 0.246 e. The number of hydrogen-bond acceptors (Lipinski definition) is 3. The topological polar surface area (TPSA) is 76.5 Å². The van der Waals surface area contributed by atoms with Crippen LogP contribution in [0.1, 0.15) is 24.7 Å². The van der Waals surface area contributed by atoms with Gasteiger partial charge in [0.15, 0.2) is 0 Å². The number of hydrogen-bond donors (Lipinski definition) is 1. The monoisotopic (exact) mass is 312 g/mol. The number of furan rings is 1. The fourth-order valence-electron chi connectivity index (χ4n) is 3.01. The van der Waals surface area contributed by atoms with Gasteiger partial charge in [-0.1, -0.05) is 25.1 Å². The second-order valence-electron chi connectivity index (χ2n) is 5.79. The van der Waals surface area contributed by atoms with Crippen molar-refractivity contribution in [2.24, 2.45) is 11.7 Å². The van der Waals surface area contributed by atoms with E-state index in [1.165, 1.54) is 0 Å². The van der Waals surface area contributed by atoms with Gasteiger partial charge in [-0.2, -0.15) is 0 Å². The highest BCUT2D eigenvalue weighted by atomic mass is 16.3. The van der Waals surface area contributed by atoms with Crippen molar-refractivity contribution in [3.8, 4) is 0 Å². The summed E-state index contributed by atoms with van der Waals surface area (Å²) in [5, 5.41) is 1.00. The Balaban J connectivity index is 1.80. The molecule has 1 atom stereocenters. The van der Waals surface area contributed by atoms with Gasteiger partial charge < -0.3 is 15.1 Å². The molecule has 0 spiro atoms. The highest BCUT2D eigenvalue weighted by Crippen LogP contribution is 2.27. The van der Waals surface area contributed by atoms with E-state index in [-0.39, 0.29) is 17.7 Å². The first-order valence-corrected chi connectivity index (χ1v) is 7.87. The number of nitrogens with two attached hydrogens (primary N) is 1. The van der Waals surface area contributed by atoms with Crippen LogP contribution in [0.15, 0.2) is 34.8 Å². The van der Waals surface area contributed by atoms with Crippen molar-refractivity contribution in [3.05, 3.63) is 41.7 Å². The molecule has 1 aliphatic heterocycles. The zero-order chi connectivity index (χ0) is 16.4. The standard InChI is InChI=1S/C18H20N2O3/c1-2-15-14(13-5-3-4-6-16(13)23-15)7-8-17(21)20-10-9-12(11-20)18(19)22/h3-8,12H,2,9-11H2,1H3,(H2,19,22)/b8-7+/t12-/m1/s1. The number of aryl methyl sites for hydroxylation is 1. The molecule has 1 aromatic carbocycles. The molecule has 120 valence electrons. The van der Waals surface area contributed by atoms with Gasteiger partial charge in [-0.05, 0) is 18.6 Å². The van der Waals surface area contributed by atoms with Crippen LogP contribution in [-0.4, -0.2) is 29.8 Å².